The SMILES string of the molecule is O=C(O)CC(CSCCNC(=O)c1ccc(F)cc1)C(=O)c1cccnc1. The molecule has 2 aromatic rings. The van der Waals surface area contributed by atoms with Crippen LogP contribution in [0.5, 0.6) is 0 Å². The molecule has 1 aromatic heterocycles. The van der Waals surface area contributed by atoms with E-state index in [1.54, 1.807) is 18.3 Å². The Hall–Kier alpha value is -2.74. The van der Waals surface area contributed by atoms with Crippen molar-refractivity contribution in [3.05, 3.63) is 65.7 Å². The van der Waals surface area contributed by atoms with Crippen LogP contribution in [0.4, 0.5) is 4.39 Å². The van der Waals surface area contributed by atoms with Crippen LogP contribution in [0.2, 0.25) is 0 Å². The number of nitrogens with zero attached hydrogens (tertiary/aromatic N) is 1. The number of amides is 1. The molecule has 2 N–H and O–H groups in total. The van der Waals surface area contributed by atoms with Gasteiger partial charge in [0, 0.05) is 47.5 Å². The van der Waals surface area contributed by atoms with Crippen molar-refractivity contribution in [3.63, 3.8) is 0 Å². The molecule has 0 saturated heterocycles. The Balaban J connectivity index is 1.79. The normalized spacial score (nSPS) is 11.6. The van der Waals surface area contributed by atoms with Crippen molar-refractivity contribution in [1.29, 1.82) is 0 Å². The van der Waals surface area contributed by atoms with Crippen molar-refractivity contribution in [2.45, 2.75) is 6.42 Å². The van der Waals surface area contributed by atoms with Gasteiger partial charge < -0.3 is 10.4 Å². The number of carboxylic acid groups (broad SMARTS) is 1. The van der Waals surface area contributed by atoms with Crippen LogP contribution in [0.3, 0.4) is 0 Å². The molecule has 1 unspecified atom stereocenters. The smallest absolute Gasteiger partial charge is 0.304 e. The van der Waals surface area contributed by atoms with Crippen LogP contribution in [0, 0.1) is 11.7 Å². The second kappa shape index (κ2) is 10.4. The average Bonchev–Trinajstić information content (AvgIpc) is 2.67. The highest BCUT2D eigenvalue weighted by Gasteiger charge is 2.23. The maximum absolute atomic E-state index is 12.8. The van der Waals surface area contributed by atoms with Crippen molar-refractivity contribution < 1.29 is 23.9 Å². The third-order valence-electron chi connectivity index (χ3n) is 3.70. The molecule has 1 amide bonds. The van der Waals surface area contributed by atoms with Crippen LogP contribution < -0.4 is 5.32 Å². The van der Waals surface area contributed by atoms with Crippen molar-refractivity contribution in [2.24, 2.45) is 5.92 Å². The van der Waals surface area contributed by atoms with E-state index in [2.05, 4.69) is 10.3 Å². The van der Waals surface area contributed by atoms with Crippen LogP contribution in [-0.4, -0.2) is 45.8 Å². The number of thioether (sulfide) groups is 1. The molecule has 2 rings (SSSR count). The summed E-state index contributed by atoms with van der Waals surface area (Å²) in [6.45, 7) is 0.349. The summed E-state index contributed by atoms with van der Waals surface area (Å²) >= 11 is 1.39. The number of pyridine rings is 1. The fourth-order valence-corrected chi connectivity index (χ4v) is 3.31. The summed E-state index contributed by atoms with van der Waals surface area (Å²) in [7, 11) is 0. The molecule has 1 heterocycles. The number of carboxylic acids is 1. The Morgan fingerprint density at radius 1 is 1.15 bits per heavy atom. The quantitative estimate of drug-likeness (QED) is 0.478. The minimum atomic E-state index is -1.04. The van der Waals surface area contributed by atoms with Gasteiger partial charge in [0.15, 0.2) is 5.78 Å². The lowest BCUT2D eigenvalue weighted by molar-refractivity contribution is -0.137. The first-order chi connectivity index (χ1) is 13.0. The highest BCUT2D eigenvalue weighted by molar-refractivity contribution is 7.99. The Bertz CT molecular complexity index is 784. The third kappa shape index (κ3) is 6.82. The van der Waals surface area contributed by atoms with Gasteiger partial charge in [0.2, 0.25) is 0 Å². The lowest BCUT2D eigenvalue weighted by Gasteiger charge is -2.13. The number of Topliss-reactive ketones (excluding diaryl/α,β-unsaturated/α-hetero) is 1. The van der Waals surface area contributed by atoms with E-state index in [1.807, 2.05) is 0 Å². The molecule has 142 valence electrons. The number of benzene rings is 1. The van der Waals surface area contributed by atoms with Gasteiger partial charge in [-0.05, 0) is 36.4 Å². The van der Waals surface area contributed by atoms with Crippen molar-refractivity contribution >= 4 is 29.4 Å². The molecule has 1 atom stereocenters. The second-order valence-corrected chi connectivity index (χ2v) is 6.89. The van der Waals surface area contributed by atoms with Crippen molar-refractivity contribution in [1.82, 2.24) is 10.3 Å². The van der Waals surface area contributed by atoms with E-state index in [1.165, 1.54) is 42.2 Å². The summed E-state index contributed by atoms with van der Waals surface area (Å²) in [6, 6.07) is 8.45. The number of hydrogen-bond acceptors (Lipinski definition) is 5. The number of aliphatic carboxylic acids is 1. The van der Waals surface area contributed by atoms with E-state index in [9.17, 15) is 18.8 Å². The predicted octanol–water partition coefficient (Wildman–Crippen LogP) is 2.66. The van der Waals surface area contributed by atoms with Crippen LogP contribution in [0.25, 0.3) is 0 Å². The largest absolute Gasteiger partial charge is 0.481 e. The van der Waals surface area contributed by atoms with E-state index in [0.717, 1.165) is 0 Å². The van der Waals surface area contributed by atoms with Gasteiger partial charge in [-0.2, -0.15) is 11.8 Å². The maximum Gasteiger partial charge on any atom is 0.304 e. The highest BCUT2D eigenvalue weighted by Crippen LogP contribution is 2.18. The molecule has 0 spiro atoms. The fraction of sp³-hybridized carbons (Fsp3) is 0.263. The van der Waals surface area contributed by atoms with Gasteiger partial charge in [0.1, 0.15) is 5.82 Å². The lowest BCUT2D eigenvalue weighted by Crippen LogP contribution is -2.26. The third-order valence-corrected chi connectivity index (χ3v) is 4.83. The first kappa shape index (κ1) is 20.6. The predicted molar refractivity (Wildman–Crippen MR) is 100 cm³/mol. The Labute approximate surface area is 160 Å². The lowest BCUT2D eigenvalue weighted by atomic mass is 9.97. The molecule has 0 fully saturated rings. The minimum absolute atomic E-state index is 0.256. The molecular weight excluding hydrogens is 371 g/mol. The number of nitrogens with one attached hydrogen (secondary N) is 1. The van der Waals surface area contributed by atoms with E-state index in [-0.39, 0.29) is 18.1 Å². The van der Waals surface area contributed by atoms with Crippen molar-refractivity contribution in [3.8, 4) is 0 Å². The van der Waals surface area contributed by atoms with Gasteiger partial charge in [-0.3, -0.25) is 19.4 Å². The summed E-state index contributed by atoms with van der Waals surface area (Å²) in [4.78, 5) is 39.3. The first-order valence-electron chi connectivity index (χ1n) is 8.25. The Morgan fingerprint density at radius 3 is 2.52 bits per heavy atom. The number of aromatic nitrogens is 1. The molecule has 0 aliphatic carbocycles. The number of ketones is 1. The van der Waals surface area contributed by atoms with E-state index < -0.39 is 17.7 Å². The maximum atomic E-state index is 12.8. The highest BCUT2D eigenvalue weighted by atomic mass is 32.2. The van der Waals surface area contributed by atoms with Crippen LogP contribution >= 0.6 is 11.8 Å². The van der Waals surface area contributed by atoms with E-state index in [4.69, 9.17) is 5.11 Å². The molecular formula is C19H19FN2O4S. The average molecular weight is 390 g/mol. The van der Waals surface area contributed by atoms with Gasteiger partial charge in [0.05, 0.1) is 6.42 Å². The second-order valence-electron chi connectivity index (χ2n) is 5.74. The molecule has 0 radical (unpaired) electrons. The molecule has 6 nitrogen and oxygen atoms in total. The first-order valence-corrected chi connectivity index (χ1v) is 9.40. The molecule has 0 aliphatic rings. The molecule has 0 aliphatic heterocycles. The van der Waals surface area contributed by atoms with Gasteiger partial charge in [-0.25, -0.2) is 4.39 Å². The topological polar surface area (TPSA) is 96.4 Å². The van der Waals surface area contributed by atoms with Crippen LogP contribution in [0.1, 0.15) is 27.1 Å². The van der Waals surface area contributed by atoms with Crippen LogP contribution in [0.15, 0.2) is 48.8 Å². The summed E-state index contributed by atoms with van der Waals surface area (Å²) in [6.07, 6.45) is 2.70. The number of hydrogen-bond donors (Lipinski definition) is 2. The summed E-state index contributed by atoms with van der Waals surface area (Å²) in [5.74, 6) is -1.84. The number of halogens is 1. The number of carbonyl (C=O) groups is 3. The number of rotatable bonds is 10. The summed E-state index contributed by atoms with van der Waals surface area (Å²) in [5.41, 5.74) is 0.742. The molecule has 0 bridgehead atoms. The fourth-order valence-electron chi connectivity index (χ4n) is 2.35. The Morgan fingerprint density at radius 2 is 1.89 bits per heavy atom. The molecule has 27 heavy (non-hydrogen) atoms. The Kier molecular flexibility index (Phi) is 7.94. The zero-order valence-electron chi connectivity index (χ0n) is 14.4. The van der Waals surface area contributed by atoms with Gasteiger partial charge in [-0.15, -0.1) is 0 Å². The monoisotopic (exact) mass is 390 g/mol. The van der Waals surface area contributed by atoms with Crippen molar-refractivity contribution in [2.75, 3.05) is 18.1 Å². The van der Waals surface area contributed by atoms with Crippen LogP contribution in [-0.2, 0) is 4.79 Å². The van der Waals surface area contributed by atoms with E-state index in [0.29, 0.717) is 29.2 Å². The molecule has 0 saturated carbocycles. The zero-order chi connectivity index (χ0) is 19.6. The van der Waals surface area contributed by atoms with Gasteiger partial charge in [0.25, 0.3) is 5.91 Å². The standard InChI is InChI=1S/C19H19FN2O4S/c20-16-5-3-13(4-6-16)19(26)22-8-9-27-12-15(10-17(23)24)18(25)14-2-1-7-21-11-14/h1-7,11,15H,8-10,12H2,(H,22,26)(H,23,24). The minimum Gasteiger partial charge on any atom is -0.481 e. The van der Waals surface area contributed by atoms with E-state index >= 15 is 0 Å². The zero-order valence-corrected chi connectivity index (χ0v) is 15.2. The molecule has 8 heteroatoms. The van der Waals surface area contributed by atoms with Gasteiger partial charge >= 0.3 is 5.97 Å². The summed E-state index contributed by atoms with van der Waals surface area (Å²) < 4.78 is 12.8. The summed E-state index contributed by atoms with van der Waals surface area (Å²) in [5, 5.41) is 11.7. The van der Waals surface area contributed by atoms with Gasteiger partial charge in [-0.1, -0.05) is 0 Å². The molecule has 1 aromatic carbocycles. The number of carbonyl (C=O) groups excluding carboxylic acids is 2.